The van der Waals surface area contributed by atoms with Gasteiger partial charge < -0.3 is 9.32 Å². The Labute approximate surface area is 123 Å². The van der Waals surface area contributed by atoms with E-state index in [0.29, 0.717) is 0 Å². The molecule has 1 aromatic heterocycles. The smallest absolute Gasteiger partial charge is 0.169 e. The first kappa shape index (κ1) is 14.4. The van der Waals surface area contributed by atoms with Gasteiger partial charge in [-0.3, -0.25) is 0 Å². The Morgan fingerprint density at radius 2 is 1.84 bits per heavy atom. The molecule has 1 unspecified atom stereocenters. The van der Waals surface area contributed by atoms with E-state index in [1.54, 1.807) is 4.90 Å². The molecular weight excluding hydrogens is 302 g/mol. The third kappa shape index (κ3) is 4.84. The van der Waals surface area contributed by atoms with E-state index in [2.05, 4.69) is 59.3 Å². The van der Waals surface area contributed by atoms with Crippen LogP contribution >= 0.6 is 15.9 Å². The minimum absolute atomic E-state index is 0.817. The zero-order valence-corrected chi connectivity index (χ0v) is 12.9. The summed E-state index contributed by atoms with van der Waals surface area (Å²) in [5, 5.41) is 0. The Bertz CT molecular complexity index is 481. The number of unbranched alkanes of at least 4 members (excludes halogenated alkanes) is 1. The molecule has 0 radical (unpaired) electrons. The van der Waals surface area contributed by atoms with Gasteiger partial charge in [0.25, 0.3) is 0 Å². The first-order chi connectivity index (χ1) is 9.28. The summed E-state index contributed by atoms with van der Waals surface area (Å²) in [4.78, 5) is 1.55. The van der Waals surface area contributed by atoms with Crippen molar-refractivity contribution in [2.24, 2.45) is 0 Å². The predicted octanol–water partition coefficient (Wildman–Crippen LogP) is 3.43. The summed E-state index contributed by atoms with van der Waals surface area (Å²) in [6.07, 6.45) is 2.49. The molecule has 2 nitrogen and oxygen atoms in total. The molecule has 0 saturated carbocycles. The molecule has 0 saturated heterocycles. The lowest BCUT2D eigenvalue weighted by molar-refractivity contribution is -0.928. The molecule has 0 aliphatic heterocycles. The van der Waals surface area contributed by atoms with E-state index in [4.69, 9.17) is 4.42 Å². The fourth-order valence-corrected chi connectivity index (χ4v) is 2.58. The Morgan fingerprint density at radius 1 is 1.05 bits per heavy atom. The molecule has 1 atom stereocenters. The lowest BCUT2D eigenvalue weighted by Gasteiger charge is -2.18. The van der Waals surface area contributed by atoms with Crippen LogP contribution in [0.4, 0.5) is 0 Å². The van der Waals surface area contributed by atoms with Gasteiger partial charge in [-0.05, 0) is 34.5 Å². The standard InChI is InChI=1S/C16H20BrNO/c1-2-3-11-18(12-14-7-5-4-6-8-14)13-15-9-10-16(17)19-15/h4-10H,2-3,11-13H2,1H3/p+1. The van der Waals surface area contributed by atoms with E-state index in [-0.39, 0.29) is 0 Å². The highest BCUT2D eigenvalue weighted by Crippen LogP contribution is 2.13. The van der Waals surface area contributed by atoms with E-state index in [1.807, 2.05) is 6.07 Å². The van der Waals surface area contributed by atoms with E-state index in [1.165, 1.54) is 24.9 Å². The molecule has 0 amide bonds. The molecule has 1 heterocycles. The lowest BCUT2D eigenvalue weighted by Crippen LogP contribution is -3.09. The molecule has 19 heavy (non-hydrogen) atoms. The molecule has 2 rings (SSSR count). The summed E-state index contributed by atoms with van der Waals surface area (Å²) < 4.78 is 6.44. The SMILES string of the molecule is CCCC[NH+](Cc1ccccc1)Cc1ccc(Br)o1. The van der Waals surface area contributed by atoms with E-state index < -0.39 is 0 Å². The maximum absolute atomic E-state index is 5.63. The molecule has 102 valence electrons. The molecule has 0 aliphatic carbocycles. The van der Waals surface area contributed by atoms with E-state index in [0.717, 1.165) is 23.5 Å². The monoisotopic (exact) mass is 322 g/mol. The molecule has 2 aromatic rings. The van der Waals surface area contributed by atoms with Gasteiger partial charge in [0.1, 0.15) is 13.1 Å². The van der Waals surface area contributed by atoms with Crippen LogP contribution in [0.15, 0.2) is 51.6 Å². The highest BCUT2D eigenvalue weighted by molar-refractivity contribution is 9.10. The first-order valence-electron chi connectivity index (χ1n) is 6.89. The third-order valence-electron chi connectivity index (χ3n) is 3.23. The van der Waals surface area contributed by atoms with Gasteiger partial charge in [-0.25, -0.2) is 0 Å². The van der Waals surface area contributed by atoms with Crippen molar-refractivity contribution in [3.05, 3.63) is 58.5 Å². The number of nitrogens with one attached hydrogen (secondary N) is 1. The van der Waals surface area contributed by atoms with Crippen molar-refractivity contribution >= 4 is 15.9 Å². The maximum atomic E-state index is 5.63. The number of furan rings is 1. The number of quaternary nitrogens is 1. The summed E-state index contributed by atoms with van der Waals surface area (Å²) in [6.45, 7) is 5.42. The van der Waals surface area contributed by atoms with Crippen molar-refractivity contribution in [3.8, 4) is 0 Å². The van der Waals surface area contributed by atoms with Crippen LogP contribution in [0.2, 0.25) is 0 Å². The molecule has 0 aliphatic rings. The largest absolute Gasteiger partial charge is 0.448 e. The third-order valence-corrected chi connectivity index (χ3v) is 3.66. The van der Waals surface area contributed by atoms with Gasteiger partial charge in [-0.1, -0.05) is 43.7 Å². The highest BCUT2D eigenvalue weighted by Gasteiger charge is 2.12. The summed E-state index contributed by atoms with van der Waals surface area (Å²) in [5.74, 6) is 1.05. The normalized spacial score (nSPS) is 12.5. The Morgan fingerprint density at radius 3 is 2.47 bits per heavy atom. The van der Waals surface area contributed by atoms with Crippen molar-refractivity contribution < 1.29 is 9.32 Å². The van der Waals surface area contributed by atoms with Gasteiger partial charge in [0, 0.05) is 5.56 Å². The highest BCUT2D eigenvalue weighted by atomic mass is 79.9. The molecule has 1 N–H and O–H groups in total. The van der Waals surface area contributed by atoms with Crippen LogP contribution in [0.25, 0.3) is 0 Å². The average molecular weight is 323 g/mol. The van der Waals surface area contributed by atoms with Crippen LogP contribution in [0.5, 0.6) is 0 Å². The van der Waals surface area contributed by atoms with Crippen LogP contribution in [-0.2, 0) is 13.1 Å². The topological polar surface area (TPSA) is 17.6 Å². The number of hydrogen-bond donors (Lipinski definition) is 1. The second-order valence-electron chi connectivity index (χ2n) is 4.90. The fourth-order valence-electron chi connectivity index (χ4n) is 2.24. The van der Waals surface area contributed by atoms with E-state index in [9.17, 15) is 0 Å². The van der Waals surface area contributed by atoms with Crippen molar-refractivity contribution in [1.29, 1.82) is 0 Å². The van der Waals surface area contributed by atoms with Gasteiger partial charge in [0.15, 0.2) is 10.4 Å². The number of benzene rings is 1. The maximum Gasteiger partial charge on any atom is 0.169 e. The zero-order chi connectivity index (χ0) is 13.5. The second kappa shape index (κ2) is 7.51. The minimum Gasteiger partial charge on any atom is -0.448 e. The Hall–Kier alpha value is -1.06. The van der Waals surface area contributed by atoms with Gasteiger partial charge in [0.2, 0.25) is 0 Å². The quantitative estimate of drug-likeness (QED) is 0.826. The van der Waals surface area contributed by atoms with E-state index >= 15 is 0 Å². The van der Waals surface area contributed by atoms with Crippen molar-refractivity contribution in [3.63, 3.8) is 0 Å². The van der Waals surface area contributed by atoms with Gasteiger partial charge in [-0.2, -0.15) is 0 Å². The summed E-state index contributed by atoms with van der Waals surface area (Å²) >= 11 is 3.37. The molecule has 0 bridgehead atoms. The van der Waals surface area contributed by atoms with Gasteiger partial charge >= 0.3 is 0 Å². The Balaban J connectivity index is 1.99. The summed E-state index contributed by atoms with van der Waals surface area (Å²) in [7, 11) is 0. The van der Waals surface area contributed by atoms with Gasteiger partial charge in [-0.15, -0.1) is 0 Å². The summed E-state index contributed by atoms with van der Waals surface area (Å²) in [5.41, 5.74) is 1.39. The van der Waals surface area contributed by atoms with Crippen molar-refractivity contribution in [1.82, 2.24) is 0 Å². The van der Waals surface area contributed by atoms with Gasteiger partial charge in [0.05, 0.1) is 6.54 Å². The minimum atomic E-state index is 0.817. The molecular formula is C16H21BrNO+. The first-order valence-corrected chi connectivity index (χ1v) is 7.69. The predicted molar refractivity (Wildman–Crippen MR) is 81.0 cm³/mol. The van der Waals surface area contributed by atoms with Crippen molar-refractivity contribution in [2.75, 3.05) is 6.54 Å². The van der Waals surface area contributed by atoms with Crippen molar-refractivity contribution in [2.45, 2.75) is 32.9 Å². The molecule has 0 fully saturated rings. The van der Waals surface area contributed by atoms with Crippen LogP contribution in [0, 0.1) is 0 Å². The number of hydrogen-bond acceptors (Lipinski definition) is 1. The molecule has 0 spiro atoms. The zero-order valence-electron chi connectivity index (χ0n) is 11.4. The molecule has 1 aromatic carbocycles. The summed E-state index contributed by atoms with van der Waals surface area (Å²) in [6, 6.07) is 14.7. The van der Waals surface area contributed by atoms with Crippen LogP contribution < -0.4 is 4.90 Å². The average Bonchev–Trinajstić information content (AvgIpc) is 2.82. The van der Waals surface area contributed by atoms with Crippen LogP contribution in [0.3, 0.4) is 0 Å². The lowest BCUT2D eigenvalue weighted by atomic mass is 10.2. The fraction of sp³-hybridized carbons (Fsp3) is 0.375. The number of halogens is 1. The van der Waals surface area contributed by atoms with Crippen LogP contribution in [0.1, 0.15) is 31.1 Å². The number of rotatable bonds is 7. The molecule has 3 heteroatoms. The van der Waals surface area contributed by atoms with Crippen LogP contribution in [-0.4, -0.2) is 6.54 Å². The second-order valence-corrected chi connectivity index (χ2v) is 5.68. The Kier molecular flexibility index (Phi) is 5.67.